The van der Waals surface area contributed by atoms with E-state index in [0.29, 0.717) is 6.54 Å². The zero-order valence-corrected chi connectivity index (χ0v) is 13.3. The number of carbonyl (C=O) groups excluding carboxylic acids is 1. The second-order valence-electron chi connectivity index (χ2n) is 5.07. The lowest BCUT2D eigenvalue weighted by Crippen LogP contribution is -2.48. The average Bonchev–Trinajstić information content (AvgIpc) is 2.73. The van der Waals surface area contributed by atoms with Crippen molar-refractivity contribution >= 4 is 28.3 Å². The number of sulfonamides is 1. The third-order valence-electron chi connectivity index (χ3n) is 3.53. The van der Waals surface area contributed by atoms with Crippen LogP contribution in [0.15, 0.2) is 0 Å². The number of hydrogen-bond donors (Lipinski definition) is 2. The normalized spacial score (nSPS) is 24.6. The molecule has 0 radical (unpaired) electrons. The Morgan fingerprint density at radius 1 is 1.42 bits per heavy atom. The zero-order valence-electron chi connectivity index (χ0n) is 11.6. The molecule has 3 unspecified atom stereocenters. The van der Waals surface area contributed by atoms with Crippen LogP contribution in [0.2, 0.25) is 0 Å². The highest BCUT2D eigenvalue weighted by atomic mass is 35.5. The summed E-state index contributed by atoms with van der Waals surface area (Å²) in [5, 5.41) is -1.06. The molecule has 1 aliphatic carbocycles. The summed E-state index contributed by atoms with van der Waals surface area (Å²) in [5.74, 6) is -0.230. The van der Waals surface area contributed by atoms with E-state index in [2.05, 4.69) is 4.72 Å². The summed E-state index contributed by atoms with van der Waals surface area (Å²) in [6.45, 7) is 1.89. The van der Waals surface area contributed by atoms with Gasteiger partial charge < -0.3 is 10.6 Å². The molecule has 114 valence electrons. The molecule has 6 nitrogen and oxygen atoms in total. The fraction of sp³-hybridized carbons (Fsp3) is 0.909. The molecule has 3 atom stereocenters. The van der Waals surface area contributed by atoms with Gasteiger partial charge in [-0.2, -0.15) is 0 Å². The SMILES string of the molecule is CC(C(=O)N(C)C)S(=O)(=O)NC1CCCC1CN.Cl. The molecule has 8 heteroatoms. The highest BCUT2D eigenvalue weighted by Crippen LogP contribution is 2.25. The molecule has 19 heavy (non-hydrogen) atoms. The summed E-state index contributed by atoms with van der Waals surface area (Å²) >= 11 is 0. The van der Waals surface area contributed by atoms with Crippen LogP contribution in [0.25, 0.3) is 0 Å². The molecule has 1 rings (SSSR count). The minimum atomic E-state index is -3.63. The molecule has 0 aliphatic heterocycles. The Bertz CT molecular complexity index is 400. The van der Waals surface area contributed by atoms with Gasteiger partial charge in [0.25, 0.3) is 0 Å². The maximum atomic E-state index is 12.1. The number of nitrogens with two attached hydrogens (primary N) is 1. The number of carbonyl (C=O) groups is 1. The number of rotatable bonds is 5. The fourth-order valence-electron chi connectivity index (χ4n) is 2.28. The molecule has 0 spiro atoms. The van der Waals surface area contributed by atoms with E-state index in [9.17, 15) is 13.2 Å². The summed E-state index contributed by atoms with van der Waals surface area (Å²) in [7, 11) is -0.531. The first kappa shape index (κ1) is 18.6. The predicted octanol–water partition coefficient (Wildman–Crippen LogP) is -0.0683. The van der Waals surface area contributed by atoms with Crippen LogP contribution in [-0.2, 0) is 14.8 Å². The molecule has 1 fully saturated rings. The summed E-state index contributed by atoms with van der Waals surface area (Å²) in [6, 6.07) is -0.127. The molecular weight excluding hydrogens is 290 g/mol. The van der Waals surface area contributed by atoms with Crippen LogP contribution >= 0.6 is 12.4 Å². The maximum Gasteiger partial charge on any atom is 0.241 e. The van der Waals surface area contributed by atoms with Gasteiger partial charge in [-0.1, -0.05) is 6.42 Å². The van der Waals surface area contributed by atoms with Crippen molar-refractivity contribution in [1.29, 1.82) is 0 Å². The van der Waals surface area contributed by atoms with Gasteiger partial charge in [-0.15, -0.1) is 12.4 Å². The first-order valence-corrected chi connectivity index (χ1v) is 7.76. The Morgan fingerprint density at radius 3 is 2.47 bits per heavy atom. The van der Waals surface area contributed by atoms with Gasteiger partial charge in [-0.05, 0) is 32.2 Å². The van der Waals surface area contributed by atoms with Crippen molar-refractivity contribution in [2.24, 2.45) is 11.7 Å². The van der Waals surface area contributed by atoms with E-state index in [1.165, 1.54) is 11.8 Å². The van der Waals surface area contributed by atoms with Crippen molar-refractivity contribution in [3.63, 3.8) is 0 Å². The van der Waals surface area contributed by atoms with Crippen LogP contribution in [0, 0.1) is 5.92 Å². The molecule has 0 heterocycles. The number of halogens is 1. The van der Waals surface area contributed by atoms with Crippen molar-refractivity contribution in [3.8, 4) is 0 Å². The average molecular weight is 314 g/mol. The standard InChI is InChI=1S/C11H23N3O3S.ClH/c1-8(11(15)14(2)3)18(16,17)13-10-6-4-5-9(10)7-12;/h8-10,13H,4-7,12H2,1-3H3;1H. The van der Waals surface area contributed by atoms with Gasteiger partial charge in [0.2, 0.25) is 15.9 Å². The van der Waals surface area contributed by atoms with E-state index < -0.39 is 21.2 Å². The van der Waals surface area contributed by atoms with Gasteiger partial charge in [0.1, 0.15) is 0 Å². The molecule has 0 saturated heterocycles. The maximum absolute atomic E-state index is 12.1. The number of nitrogens with one attached hydrogen (secondary N) is 1. The van der Waals surface area contributed by atoms with Crippen molar-refractivity contribution in [1.82, 2.24) is 9.62 Å². The summed E-state index contributed by atoms with van der Waals surface area (Å²) in [4.78, 5) is 13.0. The van der Waals surface area contributed by atoms with E-state index in [4.69, 9.17) is 5.73 Å². The third-order valence-corrected chi connectivity index (χ3v) is 5.30. The summed E-state index contributed by atoms with van der Waals surface area (Å²) in [6.07, 6.45) is 2.72. The minimum absolute atomic E-state index is 0. The van der Waals surface area contributed by atoms with Crippen LogP contribution in [0.5, 0.6) is 0 Å². The smallest absolute Gasteiger partial charge is 0.241 e. The molecule has 1 amide bonds. The first-order valence-electron chi connectivity index (χ1n) is 6.22. The Labute approximate surface area is 121 Å². The molecule has 1 saturated carbocycles. The van der Waals surface area contributed by atoms with Gasteiger partial charge in [0.05, 0.1) is 0 Å². The Balaban J connectivity index is 0.00000324. The van der Waals surface area contributed by atoms with E-state index >= 15 is 0 Å². The number of hydrogen-bond acceptors (Lipinski definition) is 4. The predicted molar refractivity (Wildman–Crippen MR) is 77.6 cm³/mol. The second kappa shape index (κ2) is 7.42. The molecule has 3 N–H and O–H groups in total. The van der Waals surface area contributed by atoms with Crippen LogP contribution in [-0.4, -0.2) is 51.2 Å². The molecule has 0 aromatic carbocycles. The summed E-state index contributed by atoms with van der Waals surface area (Å²) < 4.78 is 26.8. The van der Waals surface area contributed by atoms with E-state index in [1.54, 1.807) is 14.1 Å². The second-order valence-corrected chi connectivity index (χ2v) is 7.10. The van der Waals surface area contributed by atoms with Crippen molar-refractivity contribution in [3.05, 3.63) is 0 Å². The highest BCUT2D eigenvalue weighted by molar-refractivity contribution is 7.90. The van der Waals surface area contributed by atoms with Gasteiger partial charge in [0, 0.05) is 20.1 Å². The zero-order chi connectivity index (χ0) is 13.9. The third kappa shape index (κ3) is 4.59. The van der Waals surface area contributed by atoms with Gasteiger partial charge in [-0.3, -0.25) is 4.79 Å². The van der Waals surface area contributed by atoms with Gasteiger partial charge in [-0.25, -0.2) is 13.1 Å². The van der Waals surface area contributed by atoms with Crippen LogP contribution in [0.4, 0.5) is 0 Å². The van der Waals surface area contributed by atoms with Gasteiger partial charge >= 0.3 is 0 Å². The highest BCUT2D eigenvalue weighted by Gasteiger charge is 2.35. The Morgan fingerprint density at radius 2 is 2.00 bits per heavy atom. The fourth-order valence-corrected chi connectivity index (χ4v) is 3.70. The summed E-state index contributed by atoms with van der Waals surface area (Å²) in [5.41, 5.74) is 5.62. The van der Waals surface area contributed by atoms with Crippen LogP contribution in [0.1, 0.15) is 26.2 Å². The van der Waals surface area contributed by atoms with Crippen molar-refractivity contribution in [2.45, 2.75) is 37.5 Å². The molecular formula is C11H24ClN3O3S. The molecule has 1 aliphatic rings. The van der Waals surface area contributed by atoms with Crippen molar-refractivity contribution in [2.75, 3.05) is 20.6 Å². The number of amides is 1. The lowest BCUT2D eigenvalue weighted by Gasteiger charge is -2.23. The van der Waals surface area contributed by atoms with Crippen molar-refractivity contribution < 1.29 is 13.2 Å². The Kier molecular flexibility index (Phi) is 7.28. The van der Waals surface area contributed by atoms with E-state index in [0.717, 1.165) is 19.3 Å². The quantitative estimate of drug-likeness (QED) is 0.743. The number of nitrogens with zero attached hydrogens (tertiary/aromatic N) is 1. The lowest BCUT2D eigenvalue weighted by atomic mass is 10.1. The topological polar surface area (TPSA) is 92.5 Å². The molecule has 0 bridgehead atoms. The Hall–Kier alpha value is -0.370. The largest absolute Gasteiger partial charge is 0.348 e. The van der Waals surface area contributed by atoms with Crippen LogP contribution < -0.4 is 10.5 Å². The first-order chi connectivity index (χ1) is 8.29. The van der Waals surface area contributed by atoms with E-state index in [1.807, 2.05) is 0 Å². The monoisotopic (exact) mass is 313 g/mol. The lowest BCUT2D eigenvalue weighted by molar-refractivity contribution is -0.127. The van der Waals surface area contributed by atoms with Crippen LogP contribution in [0.3, 0.4) is 0 Å². The minimum Gasteiger partial charge on any atom is -0.348 e. The van der Waals surface area contributed by atoms with E-state index in [-0.39, 0.29) is 24.4 Å². The van der Waals surface area contributed by atoms with Gasteiger partial charge in [0.15, 0.2) is 5.25 Å². The molecule has 0 aromatic heterocycles. The molecule has 0 aromatic rings.